The zero-order chi connectivity index (χ0) is 17.8. The number of aromatic nitrogens is 1. The summed E-state index contributed by atoms with van der Waals surface area (Å²) < 4.78 is 5.26. The van der Waals surface area contributed by atoms with Crippen LogP contribution in [0.1, 0.15) is 16.8 Å². The van der Waals surface area contributed by atoms with Gasteiger partial charge in [0, 0.05) is 12.2 Å². The quantitative estimate of drug-likeness (QED) is 0.874. The Labute approximate surface area is 143 Å². The second-order valence-electron chi connectivity index (χ2n) is 5.81. The fourth-order valence-corrected chi connectivity index (χ4v) is 2.88. The molecule has 1 aliphatic heterocycles. The van der Waals surface area contributed by atoms with Gasteiger partial charge < -0.3 is 19.7 Å². The average Bonchev–Trinajstić information content (AvgIpc) is 2.62. The molecule has 7 nitrogen and oxygen atoms in total. The first-order valence-corrected chi connectivity index (χ1v) is 7.95. The molecule has 0 spiro atoms. The number of aromatic amines is 1. The summed E-state index contributed by atoms with van der Waals surface area (Å²) in [6, 6.07) is 11.9. The van der Waals surface area contributed by atoms with Gasteiger partial charge >= 0.3 is 5.97 Å². The number of ether oxygens (including phenoxy) is 1. The molecule has 0 bridgehead atoms. The lowest BCUT2D eigenvalue weighted by atomic mass is 10.1. The first-order chi connectivity index (χ1) is 12.1. The Hall–Kier alpha value is -2.93. The SMILES string of the molecule is O=C(O)C[C@@H]1COCCN1C(=O)c1ccc(-c2ccccc2)[nH]c1=O. The van der Waals surface area contributed by atoms with Gasteiger partial charge in [0.2, 0.25) is 0 Å². The molecular weight excluding hydrogens is 324 g/mol. The van der Waals surface area contributed by atoms with Crippen LogP contribution in [0.25, 0.3) is 11.3 Å². The van der Waals surface area contributed by atoms with Gasteiger partial charge in [-0.3, -0.25) is 14.4 Å². The number of nitrogens with one attached hydrogen (secondary N) is 1. The smallest absolute Gasteiger partial charge is 0.305 e. The van der Waals surface area contributed by atoms with Crippen LogP contribution in [-0.2, 0) is 9.53 Å². The minimum absolute atomic E-state index is 0.00281. The van der Waals surface area contributed by atoms with E-state index in [2.05, 4.69) is 4.98 Å². The molecule has 1 fully saturated rings. The Kier molecular flexibility index (Phi) is 4.95. The van der Waals surface area contributed by atoms with Gasteiger partial charge in [-0.15, -0.1) is 0 Å². The van der Waals surface area contributed by atoms with Crippen LogP contribution in [0.5, 0.6) is 0 Å². The van der Waals surface area contributed by atoms with Crippen molar-refractivity contribution in [2.75, 3.05) is 19.8 Å². The number of hydrogen-bond acceptors (Lipinski definition) is 4. The Morgan fingerprint density at radius 3 is 2.64 bits per heavy atom. The topological polar surface area (TPSA) is 99.7 Å². The minimum atomic E-state index is -1.01. The molecular formula is C18H18N2O5. The van der Waals surface area contributed by atoms with E-state index in [0.717, 1.165) is 5.56 Å². The van der Waals surface area contributed by atoms with Crippen LogP contribution in [0.2, 0.25) is 0 Å². The fourth-order valence-electron chi connectivity index (χ4n) is 2.88. The lowest BCUT2D eigenvalue weighted by Crippen LogP contribution is -2.50. The van der Waals surface area contributed by atoms with E-state index in [1.54, 1.807) is 6.07 Å². The standard InChI is InChI=1S/C18H18N2O5/c21-16(22)10-13-11-25-9-8-20(13)18(24)14-6-7-15(19-17(14)23)12-4-2-1-3-5-12/h1-7,13H,8-11H2,(H,19,23)(H,21,22)/t13-/m1/s1. The highest BCUT2D eigenvalue weighted by molar-refractivity contribution is 5.94. The van der Waals surface area contributed by atoms with Crippen molar-refractivity contribution in [1.29, 1.82) is 0 Å². The van der Waals surface area contributed by atoms with Gasteiger partial charge in [0.1, 0.15) is 5.56 Å². The number of carboxylic acids is 1. The third-order valence-electron chi connectivity index (χ3n) is 4.12. The molecule has 0 radical (unpaired) electrons. The number of carbonyl (C=O) groups is 2. The van der Waals surface area contributed by atoms with E-state index < -0.39 is 23.5 Å². The second kappa shape index (κ2) is 7.31. The molecule has 25 heavy (non-hydrogen) atoms. The molecule has 0 unspecified atom stereocenters. The molecule has 1 atom stereocenters. The molecule has 2 N–H and O–H groups in total. The summed E-state index contributed by atoms with van der Waals surface area (Å²) in [5.41, 5.74) is 0.962. The summed E-state index contributed by atoms with van der Waals surface area (Å²) in [7, 11) is 0. The van der Waals surface area contributed by atoms with E-state index in [1.807, 2.05) is 30.3 Å². The first kappa shape index (κ1) is 16.9. The van der Waals surface area contributed by atoms with Gasteiger partial charge in [0.25, 0.3) is 11.5 Å². The van der Waals surface area contributed by atoms with Crippen molar-refractivity contribution in [3.05, 3.63) is 58.4 Å². The first-order valence-electron chi connectivity index (χ1n) is 7.95. The predicted octanol–water partition coefficient (Wildman–Crippen LogP) is 1.36. The summed E-state index contributed by atoms with van der Waals surface area (Å²) in [6.45, 7) is 0.733. The number of nitrogens with zero attached hydrogens (tertiary/aromatic N) is 1. The van der Waals surface area contributed by atoms with Crippen molar-refractivity contribution in [2.24, 2.45) is 0 Å². The largest absolute Gasteiger partial charge is 0.481 e. The molecule has 1 aromatic heterocycles. The minimum Gasteiger partial charge on any atom is -0.481 e. The van der Waals surface area contributed by atoms with Crippen LogP contribution in [0, 0.1) is 0 Å². The van der Waals surface area contributed by atoms with Crippen molar-refractivity contribution < 1.29 is 19.4 Å². The average molecular weight is 342 g/mol. The number of morpholine rings is 1. The van der Waals surface area contributed by atoms with Crippen LogP contribution < -0.4 is 5.56 Å². The van der Waals surface area contributed by atoms with Gasteiger partial charge in [-0.05, 0) is 17.7 Å². The van der Waals surface area contributed by atoms with E-state index >= 15 is 0 Å². The summed E-state index contributed by atoms with van der Waals surface area (Å²) >= 11 is 0. The number of carboxylic acid groups (broad SMARTS) is 1. The van der Waals surface area contributed by atoms with Gasteiger partial charge in [-0.2, -0.15) is 0 Å². The third-order valence-corrected chi connectivity index (χ3v) is 4.12. The van der Waals surface area contributed by atoms with Crippen molar-refractivity contribution in [3.63, 3.8) is 0 Å². The van der Waals surface area contributed by atoms with Crippen LogP contribution in [-0.4, -0.2) is 52.7 Å². The summed E-state index contributed by atoms with van der Waals surface area (Å²) in [5.74, 6) is -1.49. The Morgan fingerprint density at radius 1 is 1.20 bits per heavy atom. The zero-order valence-electron chi connectivity index (χ0n) is 13.5. The lowest BCUT2D eigenvalue weighted by molar-refractivity contribution is -0.139. The molecule has 1 amide bonds. The van der Waals surface area contributed by atoms with Crippen molar-refractivity contribution in [1.82, 2.24) is 9.88 Å². The molecule has 0 saturated carbocycles. The molecule has 3 rings (SSSR count). The van der Waals surface area contributed by atoms with Crippen LogP contribution in [0.3, 0.4) is 0 Å². The number of hydrogen-bond donors (Lipinski definition) is 2. The predicted molar refractivity (Wildman–Crippen MR) is 90.4 cm³/mol. The Balaban J connectivity index is 1.86. The summed E-state index contributed by atoms with van der Waals surface area (Å²) in [5, 5.41) is 8.99. The van der Waals surface area contributed by atoms with Gasteiger partial charge in [-0.25, -0.2) is 0 Å². The highest BCUT2D eigenvalue weighted by Crippen LogP contribution is 2.17. The number of benzene rings is 1. The molecule has 2 heterocycles. The van der Waals surface area contributed by atoms with E-state index in [4.69, 9.17) is 9.84 Å². The molecule has 130 valence electrons. The molecule has 1 aliphatic rings. The van der Waals surface area contributed by atoms with Crippen LogP contribution >= 0.6 is 0 Å². The molecule has 2 aromatic rings. The number of rotatable bonds is 4. The number of amides is 1. The monoisotopic (exact) mass is 342 g/mol. The maximum atomic E-state index is 12.7. The van der Waals surface area contributed by atoms with E-state index in [9.17, 15) is 14.4 Å². The van der Waals surface area contributed by atoms with Crippen LogP contribution in [0.15, 0.2) is 47.3 Å². The van der Waals surface area contributed by atoms with Gasteiger partial charge in [0.15, 0.2) is 0 Å². The normalized spacial score (nSPS) is 17.3. The molecule has 0 aliphatic carbocycles. The second-order valence-corrected chi connectivity index (χ2v) is 5.81. The maximum Gasteiger partial charge on any atom is 0.305 e. The van der Waals surface area contributed by atoms with E-state index in [1.165, 1.54) is 11.0 Å². The van der Waals surface area contributed by atoms with Crippen molar-refractivity contribution in [2.45, 2.75) is 12.5 Å². The van der Waals surface area contributed by atoms with Crippen LogP contribution in [0.4, 0.5) is 0 Å². The van der Waals surface area contributed by atoms with Crippen molar-refractivity contribution in [3.8, 4) is 11.3 Å². The van der Waals surface area contributed by atoms with Crippen molar-refractivity contribution >= 4 is 11.9 Å². The van der Waals surface area contributed by atoms with Gasteiger partial charge in [0.05, 0.1) is 25.7 Å². The molecule has 1 saturated heterocycles. The fraction of sp³-hybridized carbons (Fsp3) is 0.278. The Bertz CT molecular complexity index is 831. The van der Waals surface area contributed by atoms with Gasteiger partial charge in [-0.1, -0.05) is 30.3 Å². The van der Waals surface area contributed by atoms with E-state index in [-0.39, 0.29) is 25.1 Å². The third kappa shape index (κ3) is 3.77. The molecule has 7 heteroatoms. The maximum absolute atomic E-state index is 12.7. The highest BCUT2D eigenvalue weighted by Gasteiger charge is 2.30. The summed E-state index contributed by atoms with van der Waals surface area (Å²) in [4.78, 5) is 40.2. The summed E-state index contributed by atoms with van der Waals surface area (Å²) in [6.07, 6.45) is -0.217. The Morgan fingerprint density at radius 2 is 1.96 bits per heavy atom. The number of aliphatic carboxylic acids is 1. The highest BCUT2D eigenvalue weighted by atomic mass is 16.5. The number of H-pyrrole nitrogens is 1. The zero-order valence-corrected chi connectivity index (χ0v) is 13.5. The van der Waals surface area contributed by atoms with E-state index in [0.29, 0.717) is 12.3 Å². The lowest BCUT2D eigenvalue weighted by Gasteiger charge is -2.34. The number of carbonyl (C=O) groups excluding carboxylic acids is 1. The molecule has 1 aromatic carbocycles. The number of pyridine rings is 1.